The first kappa shape index (κ1) is 17.9. The molecule has 3 rings (SSSR count). The maximum absolute atomic E-state index is 12.4. The van der Waals surface area contributed by atoms with Crippen LogP contribution in [0.3, 0.4) is 0 Å². The van der Waals surface area contributed by atoms with Crippen LogP contribution in [0.4, 0.5) is 0 Å². The van der Waals surface area contributed by atoms with Gasteiger partial charge in [0, 0.05) is 38.5 Å². The van der Waals surface area contributed by atoms with Crippen molar-refractivity contribution in [3.8, 4) is 0 Å². The van der Waals surface area contributed by atoms with Crippen molar-refractivity contribution in [1.82, 2.24) is 15.0 Å². The van der Waals surface area contributed by atoms with Crippen LogP contribution in [0.5, 0.6) is 0 Å². The third-order valence-electron chi connectivity index (χ3n) is 4.46. The maximum Gasteiger partial charge on any atom is 0.312 e. The third-order valence-corrected chi connectivity index (χ3v) is 4.46. The van der Waals surface area contributed by atoms with Gasteiger partial charge in [-0.15, -0.1) is 0 Å². The summed E-state index contributed by atoms with van der Waals surface area (Å²) in [6, 6.07) is 7.24. The fraction of sp³-hybridized carbons (Fsp3) is 0.444. The molecule has 1 aromatic heterocycles. The molecule has 1 aromatic carbocycles. The standard InChI is InChI=1S/C18H21N3O5/c1-12(18(24)21-9-7-20(8-10-21)13(2)22)25-17(23)11-15-14-5-3-4-6-16(14)26-19-15/h3-6,12H,7-11H2,1-2H3. The quantitative estimate of drug-likeness (QED) is 0.756. The van der Waals surface area contributed by atoms with E-state index in [4.69, 9.17) is 9.26 Å². The van der Waals surface area contributed by atoms with Crippen LogP contribution in [-0.4, -0.2) is 65.0 Å². The van der Waals surface area contributed by atoms with E-state index in [-0.39, 0.29) is 18.2 Å². The number of nitrogens with zero attached hydrogens (tertiary/aromatic N) is 3. The Morgan fingerprint density at radius 1 is 1.15 bits per heavy atom. The second-order valence-electron chi connectivity index (χ2n) is 6.27. The number of benzene rings is 1. The Morgan fingerprint density at radius 3 is 2.50 bits per heavy atom. The van der Waals surface area contributed by atoms with Gasteiger partial charge < -0.3 is 19.1 Å². The van der Waals surface area contributed by atoms with Gasteiger partial charge in [0.15, 0.2) is 11.7 Å². The molecule has 138 valence electrons. The van der Waals surface area contributed by atoms with Crippen LogP contribution in [-0.2, 0) is 25.5 Å². The van der Waals surface area contributed by atoms with Crippen LogP contribution in [0.2, 0.25) is 0 Å². The molecule has 0 aliphatic carbocycles. The number of hydrogen-bond acceptors (Lipinski definition) is 6. The van der Waals surface area contributed by atoms with E-state index in [1.807, 2.05) is 18.2 Å². The van der Waals surface area contributed by atoms with Gasteiger partial charge in [0.1, 0.15) is 5.69 Å². The second kappa shape index (κ2) is 7.55. The van der Waals surface area contributed by atoms with Crippen molar-refractivity contribution in [2.24, 2.45) is 0 Å². The predicted octanol–water partition coefficient (Wildman–Crippen LogP) is 0.993. The summed E-state index contributed by atoms with van der Waals surface area (Å²) in [6.07, 6.45) is -0.947. The highest BCUT2D eigenvalue weighted by Gasteiger charge is 2.28. The van der Waals surface area contributed by atoms with Crippen molar-refractivity contribution in [3.63, 3.8) is 0 Å². The maximum atomic E-state index is 12.4. The van der Waals surface area contributed by atoms with E-state index < -0.39 is 12.1 Å². The number of carbonyl (C=O) groups is 3. The summed E-state index contributed by atoms with van der Waals surface area (Å²) in [5.41, 5.74) is 1.09. The number of para-hydroxylation sites is 1. The minimum absolute atomic E-state index is 0.00332. The number of aromatic nitrogens is 1. The molecule has 0 radical (unpaired) electrons. The van der Waals surface area contributed by atoms with Crippen LogP contribution in [0, 0.1) is 0 Å². The lowest BCUT2D eigenvalue weighted by molar-refractivity contribution is -0.159. The van der Waals surface area contributed by atoms with Crippen LogP contribution in [0.15, 0.2) is 28.8 Å². The zero-order valence-corrected chi connectivity index (χ0v) is 14.8. The van der Waals surface area contributed by atoms with Crippen LogP contribution >= 0.6 is 0 Å². The monoisotopic (exact) mass is 359 g/mol. The Balaban J connectivity index is 1.54. The molecular formula is C18H21N3O5. The van der Waals surface area contributed by atoms with E-state index in [0.717, 1.165) is 5.39 Å². The number of carbonyl (C=O) groups excluding carboxylic acids is 3. The summed E-state index contributed by atoms with van der Waals surface area (Å²) in [7, 11) is 0. The molecule has 1 unspecified atom stereocenters. The number of hydrogen-bond donors (Lipinski definition) is 0. The van der Waals surface area contributed by atoms with Gasteiger partial charge in [0.05, 0.1) is 6.42 Å². The molecule has 0 bridgehead atoms. The predicted molar refractivity (Wildman–Crippen MR) is 92.1 cm³/mol. The molecule has 26 heavy (non-hydrogen) atoms. The molecule has 1 aliphatic heterocycles. The van der Waals surface area contributed by atoms with E-state index in [9.17, 15) is 14.4 Å². The summed E-state index contributed by atoms with van der Waals surface area (Å²) < 4.78 is 10.4. The minimum Gasteiger partial charge on any atom is -0.452 e. The lowest BCUT2D eigenvalue weighted by Crippen LogP contribution is -2.52. The van der Waals surface area contributed by atoms with E-state index in [2.05, 4.69) is 5.16 Å². The number of piperazine rings is 1. The van der Waals surface area contributed by atoms with E-state index in [1.165, 1.54) is 6.92 Å². The molecule has 0 spiro atoms. The Kier molecular flexibility index (Phi) is 5.20. The first-order valence-electron chi connectivity index (χ1n) is 8.53. The Hall–Kier alpha value is -2.90. The van der Waals surface area contributed by atoms with Gasteiger partial charge in [0.2, 0.25) is 5.91 Å². The molecule has 2 heterocycles. The number of amides is 2. The first-order valence-corrected chi connectivity index (χ1v) is 8.53. The number of ether oxygens (including phenoxy) is 1. The van der Waals surface area contributed by atoms with Crippen molar-refractivity contribution in [2.45, 2.75) is 26.4 Å². The van der Waals surface area contributed by atoms with Gasteiger partial charge in [-0.2, -0.15) is 0 Å². The smallest absolute Gasteiger partial charge is 0.312 e. The summed E-state index contributed by atoms with van der Waals surface area (Å²) in [4.78, 5) is 39.2. The summed E-state index contributed by atoms with van der Waals surface area (Å²) >= 11 is 0. The molecule has 1 atom stereocenters. The number of rotatable bonds is 4. The Bertz CT molecular complexity index is 823. The fourth-order valence-electron chi connectivity index (χ4n) is 2.99. The van der Waals surface area contributed by atoms with E-state index in [1.54, 1.807) is 22.8 Å². The molecule has 1 fully saturated rings. The van der Waals surface area contributed by atoms with E-state index >= 15 is 0 Å². The van der Waals surface area contributed by atoms with Crippen molar-refractivity contribution in [3.05, 3.63) is 30.0 Å². The van der Waals surface area contributed by atoms with Crippen LogP contribution < -0.4 is 0 Å². The Morgan fingerprint density at radius 2 is 1.81 bits per heavy atom. The molecule has 2 aromatic rings. The second-order valence-corrected chi connectivity index (χ2v) is 6.27. The van der Waals surface area contributed by atoms with Crippen molar-refractivity contribution >= 4 is 28.8 Å². The highest BCUT2D eigenvalue weighted by Crippen LogP contribution is 2.18. The molecule has 8 nitrogen and oxygen atoms in total. The molecule has 2 amide bonds. The first-order chi connectivity index (χ1) is 12.5. The summed E-state index contributed by atoms with van der Waals surface area (Å²) in [6.45, 7) is 4.93. The zero-order valence-electron chi connectivity index (χ0n) is 14.8. The van der Waals surface area contributed by atoms with Gasteiger partial charge >= 0.3 is 5.97 Å². The largest absolute Gasteiger partial charge is 0.452 e. The van der Waals surface area contributed by atoms with Gasteiger partial charge in [-0.05, 0) is 19.1 Å². The summed E-state index contributed by atoms with van der Waals surface area (Å²) in [5, 5.41) is 4.65. The third kappa shape index (κ3) is 3.84. The molecule has 0 N–H and O–H groups in total. The summed E-state index contributed by atoms with van der Waals surface area (Å²) in [5.74, 6) is -0.796. The zero-order chi connectivity index (χ0) is 18.7. The van der Waals surface area contributed by atoms with Crippen LogP contribution in [0.25, 0.3) is 11.0 Å². The lowest BCUT2D eigenvalue weighted by Gasteiger charge is -2.35. The average Bonchev–Trinajstić information content (AvgIpc) is 3.04. The number of fused-ring (bicyclic) bond motifs is 1. The van der Waals surface area contributed by atoms with Gasteiger partial charge in [-0.1, -0.05) is 17.3 Å². The molecule has 0 saturated carbocycles. The Labute approximate surface area is 150 Å². The van der Waals surface area contributed by atoms with Gasteiger partial charge in [0.25, 0.3) is 5.91 Å². The molecular weight excluding hydrogens is 338 g/mol. The van der Waals surface area contributed by atoms with E-state index in [0.29, 0.717) is 37.5 Å². The van der Waals surface area contributed by atoms with Crippen molar-refractivity contribution < 1.29 is 23.6 Å². The topological polar surface area (TPSA) is 93.0 Å². The average molecular weight is 359 g/mol. The highest BCUT2D eigenvalue weighted by molar-refractivity contribution is 5.87. The molecule has 1 aliphatic rings. The minimum atomic E-state index is -0.885. The normalized spacial score (nSPS) is 15.8. The van der Waals surface area contributed by atoms with Gasteiger partial charge in [-0.3, -0.25) is 14.4 Å². The highest BCUT2D eigenvalue weighted by atomic mass is 16.5. The van der Waals surface area contributed by atoms with Gasteiger partial charge in [-0.25, -0.2) is 0 Å². The SMILES string of the molecule is CC(=O)N1CCN(C(=O)C(C)OC(=O)Cc2noc3ccccc23)CC1. The molecule has 1 saturated heterocycles. The molecule has 8 heteroatoms. The number of esters is 1. The van der Waals surface area contributed by atoms with Crippen molar-refractivity contribution in [2.75, 3.05) is 26.2 Å². The van der Waals surface area contributed by atoms with Crippen LogP contribution in [0.1, 0.15) is 19.5 Å². The van der Waals surface area contributed by atoms with Crippen molar-refractivity contribution in [1.29, 1.82) is 0 Å². The fourth-order valence-corrected chi connectivity index (χ4v) is 2.99. The lowest BCUT2D eigenvalue weighted by atomic mass is 10.2.